The highest BCUT2D eigenvalue weighted by Crippen LogP contribution is 2.70. The molecule has 0 aliphatic rings. The second kappa shape index (κ2) is 7.84. The molecule has 1 atom stereocenters. The molecule has 3 rings (SSSR count). The second-order valence-corrected chi connectivity index (χ2v) is 11.7. The number of hydrogen-bond donors (Lipinski definition) is 0. The molecule has 0 radical (unpaired) electrons. The van der Waals surface area contributed by atoms with Crippen LogP contribution in [-0.4, -0.2) is 13.5 Å². The summed E-state index contributed by atoms with van der Waals surface area (Å²) in [5.41, 5.74) is 0. The second-order valence-electron chi connectivity index (χ2n) is 5.27. The molecule has 0 saturated carbocycles. The van der Waals surface area contributed by atoms with Gasteiger partial charge in [-0.25, -0.2) is 0 Å². The molecule has 0 N–H and O–H groups in total. The van der Waals surface area contributed by atoms with E-state index in [-0.39, 0.29) is 0 Å². The van der Waals surface area contributed by atoms with E-state index in [0.29, 0.717) is 8.27 Å². The Morgan fingerprint density at radius 2 is 1.00 bits per heavy atom. The normalized spacial score (nSPS) is 11.9. The van der Waals surface area contributed by atoms with Crippen molar-refractivity contribution >= 4 is 31.1 Å². The lowest BCUT2D eigenvalue weighted by Crippen LogP contribution is -2.28. The molecular weight excluding hydrogens is 318 g/mol. The molecule has 0 heterocycles. The van der Waals surface area contributed by atoms with Gasteiger partial charge in [0.2, 0.25) is 0 Å². The summed E-state index contributed by atoms with van der Waals surface area (Å²) in [5, 5.41) is 4.27. The molecule has 0 saturated heterocycles. The summed E-state index contributed by atoms with van der Waals surface area (Å²) in [6.07, 6.45) is 0.784. The van der Waals surface area contributed by atoms with Gasteiger partial charge in [-0.05, 0) is 36.4 Å². The summed E-state index contributed by atoms with van der Waals surface area (Å²) in [7, 11) is 2.51. The van der Waals surface area contributed by atoms with Gasteiger partial charge in [-0.1, -0.05) is 54.6 Å². The SMILES string of the molecule is COCP[P+](c1ccccc1)(c1ccccc1)c1ccccc1. The highest BCUT2D eigenvalue weighted by molar-refractivity contribution is 8.42. The minimum absolute atomic E-state index is 0.715. The van der Waals surface area contributed by atoms with Crippen LogP contribution >= 0.6 is 15.2 Å². The van der Waals surface area contributed by atoms with E-state index < -0.39 is 6.95 Å². The Morgan fingerprint density at radius 1 is 0.652 bits per heavy atom. The molecular formula is C20H21OP2+. The van der Waals surface area contributed by atoms with Gasteiger partial charge in [-0.2, -0.15) is 0 Å². The molecule has 3 aromatic rings. The highest BCUT2D eigenvalue weighted by Gasteiger charge is 2.45. The molecule has 1 nitrogen and oxygen atoms in total. The summed E-state index contributed by atoms with van der Waals surface area (Å²) in [6, 6.07) is 32.8. The van der Waals surface area contributed by atoms with Crippen LogP contribution in [0, 0.1) is 0 Å². The monoisotopic (exact) mass is 339 g/mol. The first-order valence-electron chi connectivity index (χ1n) is 7.68. The van der Waals surface area contributed by atoms with E-state index >= 15 is 0 Å². The van der Waals surface area contributed by atoms with Gasteiger partial charge in [0.15, 0.2) is 0 Å². The van der Waals surface area contributed by atoms with Crippen molar-refractivity contribution in [1.82, 2.24) is 0 Å². The van der Waals surface area contributed by atoms with Gasteiger partial charge >= 0.3 is 0 Å². The van der Waals surface area contributed by atoms with Crippen molar-refractivity contribution in [2.45, 2.75) is 0 Å². The first-order valence-corrected chi connectivity index (χ1v) is 11.5. The third kappa shape index (κ3) is 3.38. The largest absolute Gasteiger partial charge is 0.377 e. The lowest BCUT2D eigenvalue weighted by Gasteiger charge is -2.26. The average molecular weight is 339 g/mol. The predicted molar refractivity (Wildman–Crippen MR) is 105 cm³/mol. The molecule has 116 valence electrons. The van der Waals surface area contributed by atoms with Gasteiger partial charge in [0.25, 0.3) is 0 Å². The molecule has 0 aliphatic carbocycles. The van der Waals surface area contributed by atoms with Crippen molar-refractivity contribution in [2.24, 2.45) is 0 Å². The smallest absolute Gasteiger partial charge is 0.129 e. The average Bonchev–Trinajstić information content (AvgIpc) is 2.65. The molecule has 3 aromatic carbocycles. The van der Waals surface area contributed by atoms with Crippen LogP contribution in [0.4, 0.5) is 0 Å². The maximum Gasteiger partial charge on any atom is 0.129 e. The van der Waals surface area contributed by atoms with Crippen LogP contribution in [0.25, 0.3) is 0 Å². The van der Waals surface area contributed by atoms with Gasteiger partial charge in [0, 0.05) is 7.11 Å². The maximum atomic E-state index is 5.50. The maximum absolute atomic E-state index is 5.50. The van der Waals surface area contributed by atoms with E-state index in [0.717, 1.165) is 6.35 Å². The van der Waals surface area contributed by atoms with Crippen molar-refractivity contribution in [3.05, 3.63) is 91.0 Å². The molecule has 0 aromatic heterocycles. The van der Waals surface area contributed by atoms with Crippen molar-refractivity contribution in [3.63, 3.8) is 0 Å². The first-order chi connectivity index (χ1) is 11.4. The molecule has 0 amide bonds. The van der Waals surface area contributed by atoms with Gasteiger partial charge in [-0.15, -0.1) is 0 Å². The summed E-state index contributed by atoms with van der Waals surface area (Å²) in [5.74, 6) is 0. The van der Waals surface area contributed by atoms with Crippen LogP contribution in [0.3, 0.4) is 0 Å². The number of methoxy groups -OCH3 is 1. The van der Waals surface area contributed by atoms with E-state index in [4.69, 9.17) is 4.74 Å². The van der Waals surface area contributed by atoms with Gasteiger partial charge in [0.1, 0.15) is 22.9 Å². The molecule has 0 bridgehead atoms. The molecule has 23 heavy (non-hydrogen) atoms. The standard InChI is InChI=1S/C20H21OP2/c1-21-17-22-23(18-11-5-2-6-12-18,19-13-7-3-8-14-19)20-15-9-4-10-16-20/h2-16,22H,17H2,1H3/q+1. The Morgan fingerprint density at radius 3 is 1.30 bits per heavy atom. The minimum Gasteiger partial charge on any atom is -0.377 e. The number of benzene rings is 3. The van der Waals surface area contributed by atoms with Crippen LogP contribution < -0.4 is 15.9 Å². The molecule has 1 unspecified atom stereocenters. The zero-order valence-corrected chi connectivity index (χ0v) is 15.1. The lowest BCUT2D eigenvalue weighted by atomic mass is 10.4. The Kier molecular flexibility index (Phi) is 5.57. The number of rotatable bonds is 6. The van der Waals surface area contributed by atoms with Crippen LogP contribution in [0.5, 0.6) is 0 Å². The van der Waals surface area contributed by atoms with Crippen molar-refractivity contribution in [1.29, 1.82) is 0 Å². The Hall–Kier alpha value is -1.52. The first kappa shape index (κ1) is 16.3. The Bertz CT molecular complexity index is 618. The summed E-state index contributed by atoms with van der Waals surface area (Å²) >= 11 is 0. The lowest BCUT2D eigenvalue weighted by molar-refractivity contribution is 0.258. The summed E-state index contributed by atoms with van der Waals surface area (Å²) in [6.45, 7) is -1.67. The Labute approximate surface area is 140 Å². The van der Waals surface area contributed by atoms with E-state index in [1.54, 1.807) is 7.11 Å². The van der Waals surface area contributed by atoms with Crippen molar-refractivity contribution in [3.8, 4) is 0 Å². The van der Waals surface area contributed by atoms with Gasteiger partial charge in [0.05, 0.1) is 14.6 Å². The van der Waals surface area contributed by atoms with E-state index in [1.807, 2.05) is 0 Å². The third-order valence-electron chi connectivity index (χ3n) is 3.88. The fourth-order valence-electron chi connectivity index (χ4n) is 2.84. The third-order valence-corrected chi connectivity index (χ3v) is 12.1. The van der Waals surface area contributed by atoms with Crippen LogP contribution in [0.1, 0.15) is 0 Å². The van der Waals surface area contributed by atoms with Crippen molar-refractivity contribution in [2.75, 3.05) is 13.5 Å². The Balaban J connectivity index is 2.25. The van der Waals surface area contributed by atoms with Crippen LogP contribution in [0.2, 0.25) is 0 Å². The molecule has 0 aliphatic heterocycles. The van der Waals surface area contributed by atoms with Crippen LogP contribution in [0.15, 0.2) is 91.0 Å². The van der Waals surface area contributed by atoms with E-state index in [2.05, 4.69) is 91.0 Å². The zero-order chi connectivity index (χ0) is 16.0. The van der Waals surface area contributed by atoms with E-state index in [9.17, 15) is 0 Å². The van der Waals surface area contributed by atoms with Crippen LogP contribution in [-0.2, 0) is 4.74 Å². The highest BCUT2D eigenvalue weighted by atomic mass is 32.1. The fourth-order valence-corrected chi connectivity index (χ4v) is 10.4. The molecule has 0 fully saturated rings. The quantitative estimate of drug-likeness (QED) is 0.612. The minimum atomic E-state index is -1.67. The molecule has 0 spiro atoms. The topological polar surface area (TPSA) is 9.23 Å². The van der Waals surface area contributed by atoms with E-state index in [1.165, 1.54) is 15.9 Å². The predicted octanol–water partition coefficient (Wildman–Crippen LogP) is 4.18. The molecule has 3 heteroatoms. The summed E-state index contributed by atoms with van der Waals surface area (Å²) < 4.78 is 5.50. The zero-order valence-electron chi connectivity index (χ0n) is 13.2. The van der Waals surface area contributed by atoms with Gasteiger partial charge < -0.3 is 4.74 Å². The fraction of sp³-hybridized carbons (Fsp3) is 0.100. The summed E-state index contributed by atoms with van der Waals surface area (Å²) in [4.78, 5) is 0. The van der Waals surface area contributed by atoms with Gasteiger partial charge in [-0.3, -0.25) is 0 Å². The van der Waals surface area contributed by atoms with Crippen molar-refractivity contribution < 1.29 is 4.74 Å². The number of ether oxygens (including phenoxy) is 1. The number of hydrogen-bond acceptors (Lipinski definition) is 1.